The fraction of sp³-hybridized carbons (Fsp3) is 0.250. The van der Waals surface area contributed by atoms with Crippen LogP contribution in [0.2, 0.25) is 0 Å². The molecule has 0 aliphatic rings. The smallest absolute Gasteiger partial charge is 0.224 e. The van der Waals surface area contributed by atoms with Gasteiger partial charge in [-0.25, -0.2) is 4.98 Å². The normalized spacial score (nSPS) is 11.9. The monoisotopic (exact) mass is 229 g/mol. The highest BCUT2D eigenvalue weighted by atomic mass is 15.1. The maximum Gasteiger partial charge on any atom is 0.224 e. The van der Waals surface area contributed by atoms with Gasteiger partial charge in [-0.1, -0.05) is 0 Å². The van der Waals surface area contributed by atoms with Crippen LogP contribution in [0.15, 0.2) is 36.8 Å². The Hall–Kier alpha value is -2.17. The molecule has 1 atom stereocenters. The molecular formula is C12H15N5. The third-order valence-corrected chi connectivity index (χ3v) is 2.45. The molecule has 2 N–H and O–H groups in total. The first-order valence-corrected chi connectivity index (χ1v) is 5.47. The molecule has 0 bridgehead atoms. The molecule has 2 aromatic rings. The Morgan fingerprint density at radius 2 is 1.88 bits per heavy atom. The van der Waals surface area contributed by atoms with E-state index < -0.39 is 0 Å². The Morgan fingerprint density at radius 3 is 2.59 bits per heavy atom. The highest BCUT2D eigenvalue weighted by molar-refractivity contribution is 5.41. The van der Waals surface area contributed by atoms with Crippen molar-refractivity contribution in [1.82, 2.24) is 15.0 Å². The van der Waals surface area contributed by atoms with E-state index in [1.54, 1.807) is 25.6 Å². The van der Waals surface area contributed by atoms with Crippen molar-refractivity contribution in [3.05, 3.63) is 42.4 Å². The van der Waals surface area contributed by atoms with Gasteiger partial charge in [-0.3, -0.25) is 4.98 Å². The van der Waals surface area contributed by atoms with Crippen molar-refractivity contribution in [2.45, 2.75) is 13.0 Å². The fourth-order valence-corrected chi connectivity index (χ4v) is 1.52. The maximum absolute atomic E-state index is 4.31. The van der Waals surface area contributed by atoms with E-state index in [4.69, 9.17) is 0 Å². The van der Waals surface area contributed by atoms with E-state index in [2.05, 4.69) is 32.5 Å². The third kappa shape index (κ3) is 2.90. The second kappa shape index (κ2) is 5.25. The van der Waals surface area contributed by atoms with Gasteiger partial charge in [-0.05, 0) is 30.7 Å². The van der Waals surface area contributed by atoms with Crippen LogP contribution in [0.25, 0.3) is 0 Å². The van der Waals surface area contributed by atoms with Crippen LogP contribution in [0, 0.1) is 0 Å². The van der Waals surface area contributed by atoms with Gasteiger partial charge in [-0.15, -0.1) is 0 Å². The predicted octanol–water partition coefficient (Wildman–Crippen LogP) is 2.09. The Labute approximate surface area is 100 Å². The molecule has 2 rings (SSSR count). The van der Waals surface area contributed by atoms with E-state index >= 15 is 0 Å². The molecule has 0 fully saturated rings. The van der Waals surface area contributed by atoms with Gasteiger partial charge in [-0.2, -0.15) is 4.98 Å². The minimum Gasteiger partial charge on any atom is -0.363 e. The molecule has 1 unspecified atom stereocenters. The summed E-state index contributed by atoms with van der Waals surface area (Å²) >= 11 is 0. The van der Waals surface area contributed by atoms with Gasteiger partial charge in [0.25, 0.3) is 0 Å². The molecule has 0 aromatic carbocycles. The van der Waals surface area contributed by atoms with Gasteiger partial charge in [0.15, 0.2) is 0 Å². The van der Waals surface area contributed by atoms with Crippen LogP contribution in [-0.4, -0.2) is 22.0 Å². The summed E-state index contributed by atoms with van der Waals surface area (Å²) in [5, 5.41) is 6.22. The number of anilines is 2. The molecule has 2 heterocycles. The number of hydrogen-bond donors (Lipinski definition) is 2. The number of nitrogens with one attached hydrogen (secondary N) is 2. The van der Waals surface area contributed by atoms with Gasteiger partial charge < -0.3 is 10.6 Å². The summed E-state index contributed by atoms with van der Waals surface area (Å²) in [6.07, 6.45) is 5.29. The molecule has 5 heteroatoms. The largest absolute Gasteiger partial charge is 0.363 e. The Balaban J connectivity index is 2.10. The molecule has 88 valence electrons. The number of aromatic nitrogens is 3. The molecule has 17 heavy (non-hydrogen) atoms. The van der Waals surface area contributed by atoms with Crippen molar-refractivity contribution in [3.63, 3.8) is 0 Å². The minimum atomic E-state index is 0.178. The van der Waals surface area contributed by atoms with Crippen molar-refractivity contribution in [3.8, 4) is 0 Å². The Kier molecular flexibility index (Phi) is 3.49. The van der Waals surface area contributed by atoms with E-state index in [0.29, 0.717) is 5.95 Å². The summed E-state index contributed by atoms with van der Waals surface area (Å²) in [5.74, 6) is 1.41. The topological polar surface area (TPSA) is 62.7 Å². The van der Waals surface area contributed by atoms with Crippen LogP contribution in [-0.2, 0) is 0 Å². The summed E-state index contributed by atoms with van der Waals surface area (Å²) in [7, 11) is 1.80. The average Bonchev–Trinajstić information content (AvgIpc) is 2.40. The van der Waals surface area contributed by atoms with Gasteiger partial charge in [0.05, 0.1) is 6.04 Å². The SMILES string of the molecule is CNc1nccc(NC(C)c2ccncc2)n1. The van der Waals surface area contributed by atoms with Crippen molar-refractivity contribution in [1.29, 1.82) is 0 Å². The van der Waals surface area contributed by atoms with Crippen molar-refractivity contribution < 1.29 is 0 Å². The molecule has 0 spiro atoms. The van der Waals surface area contributed by atoms with E-state index in [-0.39, 0.29) is 6.04 Å². The third-order valence-electron chi connectivity index (χ3n) is 2.45. The maximum atomic E-state index is 4.31. The fourth-order valence-electron chi connectivity index (χ4n) is 1.52. The van der Waals surface area contributed by atoms with Crippen molar-refractivity contribution >= 4 is 11.8 Å². The lowest BCUT2D eigenvalue weighted by Gasteiger charge is -2.14. The van der Waals surface area contributed by atoms with E-state index in [0.717, 1.165) is 5.82 Å². The summed E-state index contributed by atoms with van der Waals surface area (Å²) < 4.78 is 0. The zero-order valence-corrected chi connectivity index (χ0v) is 9.88. The predicted molar refractivity (Wildman–Crippen MR) is 67.9 cm³/mol. The van der Waals surface area contributed by atoms with Gasteiger partial charge >= 0.3 is 0 Å². The van der Waals surface area contributed by atoms with E-state index in [1.807, 2.05) is 18.2 Å². The van der Waals surface area contributed by atoms with Crippen LogP contribution in [0.3, 0.4) is 0 Å². The zero-order chi connectivity index (χ0) is 12.1. The first-order chi connectivity index (χ1) is 8.29. The van der Waals surface area contributed by atoms with E-state index in [1.165, 1.54) is 5.56 Å². The van der Waals surface area contributed by atoms with Crippen molar-refractivity contribution in [2.75, 3.05) is 17.7 Å². The first-order valence-electron chi connectivity index (χ1n) is 5.47. The number of pyridine rings is 1. The number of rotatable bonds is 4. The van der Waals surface area contributed by atoms with Crippen LogP contribution in [0.5, 0.6) is 0 Å². The summed E-state index contributed by atoms with van der Waals surface area (Å²) in [6.45, 7) is 2.08. The van der Waals surface area contributed by atoms with Crippen LogP contribution in [0.1, 0.15) is 18.5 Å². The van der Waals surface area contributed by atoms with E-state index in [9.17, 15) is 0 Å². The second-order valence-corrected chi connectivity index (χ2v) is 3.66. The molecule has 0 radical (unpaired) electrons. The highest BCUT2D eigenvalue weighted by Gasteiger charge is 2.05. The quantitative estimate of drug-likeness (QED) is 0.840. The second-order valence-electron chi connectivity index (χ2n) is 3.66. The molecule has 0 saturated heterocycles. The number of hydrogen-bond acceptors (Lipinski definition) is 5. The number of nitrogens with zero attached hydrogens (tertiary/aromatic N) is 3. The van der Waals surface area contributed by atoms with Gasteiger partial charge in [0.2, 0.25) is 5.95 Å². The molecule has 0 aliphatic heterocycles. The van der Waals surface area contributed by atoms with Crippen molar-refractivity contribution in [2.24, 2.45) is 0 Å². The molecular weight excluding hydrogens is 214 g/mol. The standard InChI is InChI=1S/C12H15N5/c1-9(10-3-6-14-7-4-10)16-11-5-8-15-12(13-2)17-11/h3-9H,1-2H3,(H2,13,15,16,17). The summed E-state index contributed by atoms with van der Waals surface area (Å²) in [4.78, 5) is 12.4. The summed E-state index contributed by atoms with van der Waals surface area (Å²) in [5.41, 5.74) is 1.17. The lowest BCUT2D eigenvalue weighted by molar-refractivity contribution is 0.869. The van der Waals surface area contributed by atoms with Crippen LogP contribution in [0.4, 0.5) is 11.8 Å². The van der Waals surface area contributed by atoms with Crippen LogP contribution >= 0.6 is 0 Å². The first kappa shape index (κ1) is 11.3. The van der Waals surface area contributed by atoms with Crippen LogP contribution < -0.4 is 10.6 Å². The Morgan fingerprint density at radius 1 is 1.12 bits per heavy atom. The molecule has 2 aromatic heterocycles. The molecule has 5 nitrogen and oxygen atoms in total. The lowest BCUT2D eigenvalue weighted by Crippen LogP contribution is -2.09. The van der Waals surface area contributed by atoms with Gasteiger partial charge in [0, 0.05) is 25.6 Å². The zero-order valence-electron chi connectivity index (χ0n) is 9.88. The Bertz CT molecular complexity index is 471. The summed E-state index contributed by atoms with van der Waals surface area (Å²) in [6, 6.07) is 5.99. The molecule has 0 aliphatic carbocycles. The van der Waals surface area contributed by atoms with Gasteiger partial charge in [0.1, 0.15) is 5.82 Å². The lowest BCUT2D eigenvalue weighted by atomic mass is 10.1. The molecule has 0 saturated carbocycles. The average molecular weight is 229 g/mol. The minimum absolute atomic E-state index is 0.178. The molecule has 0 amide bonds. The highest BCUT2D eigenvalue weighted by Crippen LogP contribution is 2.16.